The van der Waals surface area contributed by atoms with Gasteiger partial charge in [0.1, 0.15) is 0 Å². The fraction of sp³-hybridized carbons (Fsp3) is 0.125. The fourth-order valence-corrected chi connectivity index (χ4v) is 10.6. The Labute approximate surface area is 301 Å². The van der Waals surface area contributed by atoms with Gasteiger partial charge < -0.3 is 9.47 Å². The number of thiophene rings is 1. The molecule has 2 aromatic heterocycles. The van der Waals surface area contributed by atoms with Crippen LogP contribution in [0.25, 0.3) is 69.9 Å². The zero-order valence-electron chi connectivity index (χ0n) is 28.3. The third-order valence-electron chi connectivity index (χ3n) is 11.6. The van der Waals surface area contributed by atoms with Gasteiger partial charge in [-0.15, -0.1) is 11.3 Å². The number of para-hydroxylation sites is 2. The Bertz CT molecular complexity index is 2750. The van der Waals surface area contributed by atoms with Crippen LogP contribution in [0.15, 0.2) is 158 Å². The predicted octanol–water partition coefficient (Wildman–Crippen LogP) is 13.7. The Morgan fingerprint density at radius 2 is 1.16 bits per heavy atom. The van der Waals surface area contributed by atoms with E-state index in [0.29, 0.717) is 12.0 Å². The van der Waals surface area contributed by atoms with Crippen molar-refractivity contribution in [3.05, 3.63) is 163 Å². The SMILES string of the molecule is c1cc(-c2cccc(N3c4ccc(-n5c6ccccc6c6ccccc65)cc4C4CCCCC43)c2)cc(-c2cccc3c2sc2ccccc23)c1. The maximum Gasteiger partial charge on any atom is 0.0541 e. The maximum atomic E-state index is 2.68. The Balaban J connectivity index is 1.00. The van der Waals surface area contributed by atoms with E-state index >= 15 is 0 Å². The molecular formula is C48H36N2S. The number of rotatable bonds is 4. The van der Waals surface area contributed by atoms with E-state index in [4.69, 9.17) is 0 Å². The summed E-state index contributed by atoms with van der Waals surface area (Å²) in [5, 5.41) is 5.31. The fourth-order valence-electron chi connectivity index (χ4n) is 9.37. The van der Waals surface area contributed by atoms with E-state index in [9.17, 15) is 0 Å². The van der Waals surface area contributed by atoms with Gasteiger partial charge in [-0.3, -0.25) is 0 Å². The summed E-state index contributed by atoms with van der Waals surface area (Å²) in [6.07, 6.45) is 5.06. The lowest BCUT2D eigenvalue weighted by Gasteiger charge is -2.34. The lowest BCUT2D eigenvalue weighted by molar-refractivity contribution is 0.402. The first-order valence-electron chi connectivity index (χ1n) is 18.3. The highest BCUT2D eigenvalue weighted by atomic mass is 32.1. The van der Waals surface area contributed by atoms with Gasteiger partial charge in [-0.1, -0.05) is 116 Å². The van der Waals surface area contributed by atoms with Gasteiger partial charge in [-0.05, 0) is 95.3 Å². The van der Waals surface area contributed by atoms with Crippen LogP contribution in [0.3, 0.4) is 0 Å². The summed E-state index contributed by atoms with van der Waals surface area (Å²) in [4.78, 5) is 2.68. The van der Waals surface area contributed by atoms with E-state index in [-0.39, 0.29) is 0 Å². The molecule has 244 valence electrons. The van der Waals surface area contributed by atoms with Crippen LogP contribution in [-0.4, -0.2) is 10.6 Å². The molecule has 1 aliphatic carbocycles. The molecule has 7 aromatic carbocycles. The Kier molecular flexibility index (Phi) is 6.54. The molecule has 0 radical (unpaired) electrons. The molecule has 51 heavy (non-hydrogen) atoms. The number of aromatic nitrogens is 1. The van der Waals surface area contributed by atoms with E-state index in [2.05, 4.69) is 167 Å². The zero-order valence-corrected chi connectivity index (χ0v) is 29.1. The van der Waals surface area contributed by atoms with Crippen LogP contribution in [0.5, 0.6) is 0 Å². The maximum absolute atomic E-state index is 2.68. The molecule has 2 aliphatic rings. The molecule has 0 amide bonds. The quantitative estimate of drug-likeness (QED) is 0.181. The van der Waals surface area contributed by atoms with Crippen molar-refractivity contribution >= 4 is 64.7 Å². The summed E-state index contributed by atoms with van der Waals surface area (Å²) in [7, 11) is 0. The number of hydrogen-bond acceptors (Lipinski definition) is 2. The third kappa shape index (κ3) is 4.48. The molecule has 0 bridgehead atoms. The number of fused-ring (bicyclic) bond motifs is 9. The second-order valence-electron chi connectivity index (χ2n) is 14.4. The van der Waals surface area contributed by atoms with Crippen LogP contribution >= 0.6 is 11.3 Å². The molecule has 2 nitrogen and oxygen atoms in total. The minimum Gasteiger partial charge on any atom is -0.337 e. The molecule has 1 fully saturated rings. The number of benzene rings is 7. The highest BCUT2D eigenvalue weighted by molar-refractivity contribution is 7.26. The van der Waals surface area contributed by atoms with Crippen LogP contribution in [0.4, 0.5) is 11.4 Å². The van der Waals surface area contributed by atoms with Gasteiger partial charge in [0.2, 0.25) is 0 Å². The molecule has 0 N–H and O–H groups in total. The molecule has 0 saturated heterocycles. The third-order valence-corrected chi connectivity index (χ3v) is 12.8. The standard InChI is InChI=1S/C48H36N2S/c1-5-22-43-37(16-1)38-17-2-6-23-44(38)50(43)35-26-27-46-42(30-35)39-18-3-7-24-45(39)49(46)34-15-10-13-32(29-34)31-12-9-14-33(28-31)36-20-11-21-41-40-19-4-8-25-47(40)51-48(36)41/h1-2,4-6,8-17,19-23,25-30,39,45H,3,7,18,24H2. The van der Waals surface area contributed by atoms with E-state index < -0.39 is 0 Å². The van der Waals surface area contributed by atoms with Gasteiger partial charge in [-0.25, -0.2) is 0 Å². The Hall–Kier alpha value is -5.64. The summed E-state index contributed by atoms with van der Waals surface area (Å²) in [5.74, 6) is 0.538. The molecule has 3 heterocycles. The molecule has 0 spiro atoms. The molecule has 1 aliphatic heterocycles. The van der Waals surface area contributed by atoms with Gasteiger partial charge in [-0.2, -0.15) is 0 Å². The first-order chi connectivity index (χ1) is 25.3. The second-order valence-corrected chi connectivity index (χ2v) is 15.4. The zero-order chi connectivity index (χ0) is 33.5. The molecule has 9 aromatic rings. The van der Waals surface area contributed by atoms with Crippen LogP contribution in [0.1, 0.15) is 37.2 Å². The Morgan fingerprint density at radius 3 is 2.00 bits per heavy atom. The summed E-state index contributed by atoms with van der Waals surface area (Å²) in [5.41, 5.74) is 13.1. The normalized spacial score (nSPS) is 17.1. The van der Waals surface area contributed by atoms with Crippen molar-refractivity contribution in [3.63, 3.8) is 0 Å². The summed E-state index contributed by atoms with van der Waals surface area (Å²) < 4.78 is 5.18. The average Bonchev–Trinajstić information content (AvgIpc) is 3.86. The van der Waals surface area contributed by atoms with Crippen LogP contribution < -0.4 is 4.90 Å². The number of hydrogen-bond donors (Lipinski definition) is 0. The summed E-state index contributed by atoms with van der Waals surface area (Å²) in [6, 6.07) is 59.4. The van der Waals surface area contributed by atoms with E-state index in [0.717, 1.165) is 0 Å². The molecule has 2 unspecified atom stereocenters. The minimum atomic E-state index is 0.481. The van der Waals surface area contributed by atoms with Gasteiger partial charge in [0.15, 0.2) is 0 Å². The average molecular weight is 673 g/mol. The highest BCUT2D eigenvalue weighted by Gasteiger charge is 2.40. The van der Waals surface area contributed by atoms with Crippen LogP contribution in [0.2, 0.25) is 0 Å². The molecule has 11 rings (SSSR count). The first-order valence-corrected chi connectivity index (χ1v) is 19.1. The van der Waals surface area contributed by atoms with E-state index in [1.54, 1.807) is 0 Å². The van der Waals surface area contributed by atoms with Crippen LogP contribution in [0, 0.1) is 0 Å². The first kappa shape index (κ1) is 29.1. The van der Waals surface area contributed by atoms with Crippen molar-refractivity contribution < 1.29 is 0 Å². The molecule has 2 atom stereocenters. The van der Waals surface area contributed by atoms with Gasteiger partial charge in [0.05, 0.1) is 11.0 Å². The largest absolute Gasteiger partial charge is 0.337 e. The van der Waals surface area contributed by atoms with Crippen LogP contribution in [-0.2, 0) is 0 Å². The molecular weight excluding hydrogens is 637 g/mol. The lowest BCUT2D eigenvalue weighted by atomic mass is 9.82. The summed E-state index contributed by atoms with van der Waals surface area (Å²) in [6.45, 7) is 0. The molecule has 3 heteroatoms. The van der Waals surface area contributed by atoms with E-state index in [1.807, 2.05) is 11.3 Å². The minimum absolute atomic E-state index is 0.481. The van der Waals surface area contributed by atoms with Crippen molar-refractivity contribution in [2.75, 3.05) is 4.90 Å². The number of anilines is 2. The summed E-state index contributed by atoms with van der Waals surface area (Å²) >= 11 is 1.90. The lowest BCUT2D eigenvalue weighted by Crippen LogP contribution is -2.32. The van der Waals surface area contributed by atoms with Crippen molar-refractivity contribution in [3.8, 4) is 27.9 Å². The second kappa shape index (κ2) is 11.4. The van der Waals surface area contributed by atoms with Crippen molar-refractivity contribution in [1.29, 1.82) is 0 Å². The van der Waals surface area contributed by atoms with Crippen molar-refractivity contribution in [1.82, 2.24) is 4.57 Å². The molecule has 1 saturated carbocycles. The Morgan fingerprint density at radius 1 is 0.490 bits per heavy atom. The smallest absolute Gasteiger partial charge is 0.0541 e. The van der Waals surface area contributed by atoms with Gasteiger partial charge in [0.25, 0.3) is 0 Å². The highest BCUT2D eigenvalue weighted by Crippen LogP contribution is 2.52. The van der Waals surface area contributed by atoms with Gasteiger partial charge >= 0.3 is 0 Å². The van der Waals surface area contributed by atoms with Crippen molar-refractivity contribution in [2.24, 2.45) is 0 Å². The number of nitrogens with zero attached hydrogens (tertiary/aromatic N) is 2. The van der Waals surface area contributed by atoms with Crippen molar-refractivity contribution in [2.45, 2.75) is 37.6 Å². The monoisotopic (exact) mass is 672 g/mol. The van der Waals surface area contributed by atoms with Gasteiger partial charge in [0, 0.05) is 60.0 Å². The van der Waals surface area contributed by atoms with E-state index in [1.165, 1.54) is 113 Å². The topological polar surface area (TPSA) is 8.17 Å². The predicted molar refractivity (Wildman–Crippen MR) is 218 cm³/mol.